The van der Waals surface area contributed by atoms with Crippen molar-refractivity contribution in [2.45, 2.75) is 58.5 Å². The zero-order chi connectivity index (χ0) is 19.4. The first kappa shape index (κ1) is 19.3. The van der Waals surface area contributed by atoms with Crippen molar-refractivity contribution in [2.75, 3.05) is 14.2 Å². The Bertz CT molecular complexity index is 794. The Hall–Kier alpha value is -2.50. The van der Waals surface area contributed by atoms with E-state index < -0.39 is 0 Å². The van der Waals surface area contributed by atoms with Crippen LogP contribution in [0.5, 0.6) is 11.5 Å². The molecular formula is C21H29N3O3. The number of nitrogens with zero attached hydrogens (tertiary/aromatic N) is 2. The van der Waals surface area contributed by atoms with Crippen LogP contribution in [-0.4, -0.2) is 41.3 Å². The normalized spacial score (nSPS) is 14.4. The first-order chi connectivity index (χ1) is 13.1. The summed E-state index contributed by atoms with van der Waals surface area (Å²) in [6, 6.07) is 5.94. The standard InChI is InChI=1S/C21H29N3O3/c1-5-18-14(2)20(23-22-18)21(25)24(16-8-6-7-9-16)13-15-12-17(26-3)10-11-19(15)27-4/h10-12,16H,5-9,13H2,1-4H3,(H,22,23). The third-order valence-electron chi connectivity index (χ3n) is 5.52. The van der Waals surface area contributed by atoms with E-state index in [1.54, 1.807) is 14.2 Å². The number of hydrogen-bond acceptors (Lipinski definition) is 4. The van der Waals surface area contributed by atoms with E-state index in [4.69, 9.17) is 9.47 Å². The summed E-state index contributed by atoms with van der Waals surface area (Å²) < 4.78 is 10.9. The third kappa shape index (κ3) is 3.94. The molecule has 146 valence electrons. The van der Waals surface area contributed by atoms with Crippen LogP contribution in [0.2, 0.25) is 0 Å². The fraction of sp³-hybridized carbons (Fsp3) is 0.524. The summed E-state index contributed by atoms with van der Waals surface area (Å²) in [5.41, 5.74) is 3.44. The molecule has 0 atom stereocenters. The molecule has 1 amide bonds. The van der Waals surface area contributed by atoms with Crippen LogP contribution in [0.4, 0.5) is 0 Å². The van der Waals surface area contributed by atoms with Crippen molar-refractivity contribution in [3.63, 3.8) is 0 Å². The van der Waals surface area contributed by atoms with Gasteiger partial charge in [-0.25, -0.2) is 0 Å². The minimum absolute atomic E-state index is 0.0137. The molecule has 3 rings (SSSR count). The number of amides is 1. The second-order valence-electron chi connectivity index (χ2n) is 7.08. The molecule has 1 saturated carbocycles. The zero-order valence-electron chi connectivity index (χ0n) is 16.7. The maximum Gasteiger partial charge on any atom is 0.275 e. The number of nitrogens with one attached hydrogen (secondary N) is 1. The molecule has 0 bridgehead atoms. The first-order valence-corrected chi connectivity index (χ1v) is 9.64. The van der Waals surface area contributed by atoms with Crippen molar-refractivity contribution in [3.8, 4) is 11.5 Å². The van der Waals surface area contributed by atoms with Gasteiger partial charge in [0.05, 0.1) is 20.8 Å². The molecule has 1 fully saturated rings. The van der Waals surface area contributed by atoms with Gasteiger partial charge in [-0.1, -0.05) is 19.8 Å². The lowest BCUT2D eigenvalue weighted by Crippen LogP contribution is -2.39. The highest BCUT2D eigenvalue weighted by atomic mass is 16.5. The van der Waals surface area contributed by atoms with Crippen molar-refractivity contribution < 1.29 is 14.3 Å². The Kier molecular flexibility index (Phi) is 6.04. The van der Waals surface area contributed by atoms with Gasteiger partial charge in [-0.05, 0) is 44.4 Å². The van der Waals surface area contributed by atoms with E-state index in [0.717, 1.165) is 60.4 Å². The number of carbonyl (C=O) groups is 1. The monoisotopic (exact) mass is 371 g/mol. The lowest BCUT2D eigenvalue weighted by atomic mass is 10.1. The molecule has 1 N–H and O–H groups in total. The quantitative estimate of drug-likeness (QED) is 0.802. The largest absolute Gasteiger partial charge is 0.497 e. The number of rotatable bonds is 7. The molecule has 0 unspecified atom stereocenters. The van der Waals surface area contributed by atoms with Gasteiger partial charge in [0.25, 0.3) is 5.91 Å². The van der Waals surface area contributed by atoms with E-state index in [-0.39, 0.29) is 11.9 Å². The molecular weight excluding hydrogens is 342 g/mol. The molecule has 1 aliphatic rings. The number of carbonyl (C=O) groups excluding carboxylic acids is 1. The van der Waals surface area contributed by atoms with Crippen LogP contribution in [0.1, 0.15) is 59.9 Å². The lowest BCUT2D eigenvalue weighted by molar-refractivity contribution is 0.0656. The predicted octanol–water partition coefficient (Wildman–Crippen LogP) is 3.88. The van der Waals surface area contributed by atoms with E-state index in [2.05, 4.69) is 17.1 Å². The molecule has 0 spiro atoms. The Labute approximate surface area is 160 Å². The molecule has 2 aromatic rings. The van der Waals surface area contributed by atoms with Gasteiger partial charge in [-0.3, -0.25) is 9.89 Å². The highest BCUT2D eigenvalue weighted by molar-refractivity contribution is 5.94. The summed E-state index contributed by atoms with van der Waals surface area (Å²) in [6.45, 7) is 4.51. The van der Waals surface area contributed by atoms with Gasteiger partial charge in [0.1, 0.15) is 11.5 Å². The molecule has 0 radical (unpaired) electrons. The Morgan fingerprint density at radius 2 is 2.00 bits per heavy atom. The Morgan fingerprint density at radius 3 is 2.59 bits per heavy atom. The highest BCUT2D eigenvalue weighted by Gasteiger charge is 2.31. The van der Waals surface area contributed by atoms with Crippen LogP contribution in [0.3, 0.4) is 0 Å². The van der Waals surface area contributed by atoms with Gasteiger partial charge in [-0.15, -0.1) is 0 Å². The minimum atomic E-state index is -0.0137. The van der Waals surface area contributed by atoms with Gasteiger partial charge in [0, 0.05) is 22.9 Å². The van der Waals surface area contributed by atoms with E-state index in [1.807, 2.05) is 30.0 Å². The van der Waals surface area contributed by atoms with Crippen LogP contribution in [0.15, 0.2) is 18.2 Å². The van der Waals surface area contributed by atoms with Crippen molar-refractivity contribution >= 4 is 5.91 Å². The van der Waals surface area contributed by atoms with E-state index in [0.29, 0.717) is 12.2 Å². The topological polar surface area (TPSA) is 67.5 Å². The average molecular weight is 371 g/mol. The highest BCUT2D eigenvalue weighted by Crippen LogP contribution is 2.31. The van der Waals surface area contributed by atoms with Crippen molar-refractivity contribution in [3.05, 3.63) is 40.7 Å². The molecule has 0 saturated heterocycles. The van der Waals surface area contributed by atoms with Crippen LogP contribution < -0.4 is 9.47 Å². The fourth-order valence-electron chi connectivity index (χ4n) is 3.89. The van der Waals surface area contributed by atoms with Gasteiger partial charge in [0.15, 0.2) is 5.69 Å². The summed E-state index contributed by atoms with van der Waals surface area (Å²) in [5, 5.41) is 7.34. The fourth-order valence-corrected chi connectivity index (χ4v) is 3.89. The van der Waals surface area contributed by atoms with Crippen LogP contribution in [0.25, 0.3) is 0 Å². The van der Waals surface area contributed by atoms with Crippen molar-refractivity contribution in [1.82, 2.24) is 15.1 Å². The van der Waals surface area contributed by atoms with Crippen molar-refractivity contribution in [2.24, 2.45) is 0 Å². The second kappa shape index (κ2) is 8.46. The minimum Gasteiger partial charge on any atom is -0.497 e. The number of methoxy groups -OCH3 is 2. The molecule has 6 heteroatoms. The second-order valence-corrected chi connectivity index (χ2v) is 7.08. The molecule has 1 heterocycles. The summed E-state index contributed by atoms with van der Waals surface area (Å²) >= 11 is 0. The number of aromatic nitrogens is 2. The van der Waals surface area contributed by atoms with Gasteiger partial charge in [0.2, 0.25) is 0 Å². The summed E-state index contributed by atoms with van der Waals surface area (Å²) in [4.78, 5) is 15.4. The van der Waals surface area contributed by atoms with E-state index in [9.17, 15) is 4.79 Å². The third-order valence-corrected chi connectivity index (χ3v) is 5.52. The predicted molar refractivity (Wildman–Crippen MR) is 104 cm³/mol. The van der Waals surface area contributed by atoms with Gasteiger partial charge < -0.3 is 14.4 Å². The van der Waals surface area contributed by atoms with Crippen LogP contribution in [0, 0.1) is 6.92 Å². The van der Waals surface area contributed by atoms with Crippen LogP contribution in [-0.2, 0) is 13.0 Å². The van der Waals surface area contributed by atoms with Gasteiger partial charge >= 0.3 is 0 Å². The molecule has 1 aromatic heterocycles. The number of ether oxygens (including phenoxy) is 2. The molecule has 1 aliphatic carbocycles. The molecule has 6 nitrogen and oxygen atoms in total. The summed E-state index contributed by atoms with van der Waals surface area (Å²) in [5.74, 6) is 1.51. The molecule has 1 aromatic carbocycles. The first-order valence-electron chi connectivity index (χ1n) is 9.64. The Morgan fingerprint density at radius 1 is 1.26 bits per heavy atom. The SMILES string of the molecule is CCc1[nH]nc(C(=O)N(Cc2cc(OC)ccc2OC)C2CCCC2)c1C. The van der Waals surface area contributed by atoms with Crippen LogP contribution >= 0.6 is 0 Å². The maximum absolute atomic E-state index is 13.4. The number of H-pyrrole nitrogens is 1. The van der Waals surface area contributed by atoms with Gasteiger partial charge in [-0.2, -0.15) is 5.10 Å². The average Bonchev–Trinajstić information content (AvgIpc) is 3.35. The van der Waals surface area contributed by atoms with Crippen molar-refractivity contribution in [1.29, 1.82) is 0 Å². The molecule has 0 aliphatic heterocycles. The summed E-state index contributed by atoms with van der Waals surface area (Å²) in [6.07, 6.45) is 5.20. The lowest BCUT2D eigenvalue weighted by Gasteiger charge is -2.29. The maximum atomic E-state index is 13.4. The Balaban J connectivity index is 1.94. The molecule has 27 heavy (non-hydrogen) atoms. The smallest absolute Gasteiger partial charge is 0.275 e. The number of benzene rings is 1. The summed E-state index contributed by atoms with van der Waals surface area (Å²) in [7, 11) is 3.29. The van der Waals surface area contributed by atoms with E-state index >= 15 is 0 Å². The zero-order valence-corrected chi connectivity index (χ0v) is 16.7. The number of aryl methyl sites for hydroxylation is 1. The van der Waals surface area contributed by atoms with E-state index in [1.165, 1.54) is 0 Å². The number of aromatic amines is 1. The number of hydrogen-bond donors (Lipinski definition) is 1.